The third-order valence-corrected chi connectivity index (χ3v) is 3.90. The first-order valence-corrected chi connectivity index (χ1v) is 8.38. The minimum absolute atomic E-state index is 1.06. The van der Waals surface area contributed by atoms with Crippen molar-refractivity contribution in [3.63, 3.8) is 0 Å². The van der Waals surface area contributed by atoms with Crippen LogP contribution in [-0.2, 0) is 10.1 Å². The molecule has 4 nitrogen and oxygen atoms in total. The fourth-order valence-corrected chi connectivity index (χ4v) is 2.34. The Morgan fingerprint density at radius 3 is 2.20 bits per heavy atom. The lowest BCUT2D eigenvalue weighted by molar-refractivity contribution is -0.889. The Morgan fingerprint density at radius 2 is 1.80 bits per heavy atom. The van der Waals surface area contributed by atoms with Gasteiger partial charge in [0.1, 0.15) is 0 Å². The number of nitrogens with one attached hydrogen (secondary N) is 1. The van der Waals surface area contributed by atoms with Crippen LogP contribution in [0.4, 0.5) is 13.2 Å². The molecular formula is C12H24F3NO3S. The first kappa shape index (κ1) is 19.7. The van der Waals surface area contributed by atoms with Crippen LogP contribution in [0.2, 0.25) is 0 Å². The van der Waals surface area contributed by atoms with Crippen LogP contribution in [0, 0.1) is 5.92 Å². The molecule has 2 unspecified atom stereocenters. The molecule has 1 aliphatic rings. The van der Waals surface area contributed by atoms with Crippen molar-refractivity contribution in [2.24, 2.45) is 5.92 Å². The molecule has 122 valence electrons. The monoisotopic (exact) mass is 319 g/mol. The molecule has 1 saturated heterocycles. The molecule has 1 N–H and O–H groups in total. The van der Waals surface area contributed by atoms with Crippen molar-refractivity contribution >= 4 is 10.1 Å². The molecule has 1 fully saturated rings. The summed E-state index contributed by atoms with van der Waals surface area (Å²) < 4.78 is 58.9. The van der Waals surface area contributed by atoms with E-state index in [4.69, 9.17) is 13.0 Å². The summed E-state index contributed by atoms with van der Waals surface area (Å²) in [5.74, 6) is 1.06. The Labute approximate surface area is 119 Å². The highest BCUT2D eigenvalue weighted by Gasteiger charge is 2.36. The van der Waals surface area contributed by atoms with E-state index in [-0.39, 0.29) is 0 Å². The molecule has 0 bridgehead atoms. The quantitative estimate of drug-likeness (QED) is 0.618. The zero-order valence-electron chi connectivity index (χ0n) is 12.0. The summed E-state index contributed by atoms with van der Waals surface area (Å²) in [7, 11) is -6.09. The van der Waals surface area contributed by atoms with Crippen LogP contribution in [-0.4, -0.2) is 38.1 Å². The maximum Gasteiger partial charge on any atom is 0.485 e. The van der Waals surface area contributed by atoms with Gasteiger partial charge >= 0.3 is 5.51 Å². The SMILES string of the molecule is CCCCC1CC[NH+](CCC)C1.O=S(=O)([O-])C(F)(F)F. The highest BCUT2D eigenvalue weighted by molar-refractivity contribution is 7.86. The van der Waals surface area contributed by atoms with E-state index in [1.54, 1.807) is 0 Å². The van der Waals surface area contributed by atoms with Gasteiger partial charge in [0, 0.05) is 12.3 Å². The Bertz CT molecular complexity index is 357. The van der Waals surface area contributed by atoms with Crippen molar-refractivity contribution in [3.05, 3.63) is 0 Å². The Morgan fingerprint density at radius 1 is 1.25 bits per heavy atom. The number of rotatable bonds is 5. The zero-order valence-corrected chi connectivity index (χ0v) is 12.8. The van der Waals surface area contributed by atoms with Gasteiger partial charge in [0.15, 0.2) is 10.1 Å². The predicted molar refractivity (Wildman–Crippen MR) is 69.2 cm³/mol. The number of hydrogen-bond acceptors (Lipinski definition) is 3. The number of alkyl halides is 3. The van der Waals surface area contributed by atoms with E-state index in [1.807, 2.05) is 4.90 Å². The van der Waals surface area contributed by atoms with Gasteiger partial charge in [-0.15, -0.1) is 0 Å². The first-order valence-electron chi connectivity index (χ1n) is 6.97. The molecule has 20 heavy (non-hydrogen) atoms. The molecule has 1 heterocycles. The minimum Gasteiger partial charge on any atom is -0.741 e. The molecule has 0 saturated carbocycles. The van der Waals surface area contributed by atoms with E-state index in [0.29, 0.717) is 0 Å². The summed E-state index contributed by atoms with van der Waals surface area (Å²) >= 11 is 0. The standard InChI is InChI=1S/C11H23N.CHF3O3S/c1-3-5-6-11-7-9-12(10-11)8-4-2;2-1(3,4)8(5,6)7/h11H,3-10H2,1-2H3;(H,5,6,7). The zero-order chi connectivity index (χ0) is 15.8. The summed E-state index contributed by atoms with van der Waals surface area (Å²) in [4.78, 5) is 1.86. The molecule has 0 aromatic carbocycles. The maximum absolute atomic E-state index is 10.7. The topological polar surface area (TPSA) is 61.6 Å². The maximum atomic E-state index is 10.7. The minimum atomic E-state index is -6.09. The Balaban J connectivity index is 0.000000396. The summed E-state index contributed by atoms with van der Waals surface area (Å²) in [6, 6.07) is 0. The second kappa shape index (κ2) is 8.84. The third-order valence-electron chi connectivity index (χ3n) is 3.34. The van der Waals surface area contributed by atoms with E-state index in [2.05, 4.69) is 13.8 Å². The number of halogens is 3. The van der Waals surface area contributed by atoms with E-state index < -0.39 is 15.6 Å². The van der Waals surface area contributed by atoms with Gasteiger partial charge in [0.25, 0.3) is 0 Å². The summed E-state index contributed by atoms with van der Waals surface area (Å²) in [6.45, 7) is 8.91. The van der Waals surface area contributed by atoms with Crippen LogP contribution >= 0.6 is 0 Å². The van der Waals surface area contributed by atoms with E-state index >= 15 is 0 Å². The van der Waals surface area contributed by atoms with Gasteiger partial charge in [0.2, 0.25) is 0 Å². The normalized spacial score (nSPS) is 23.3. The average molecular weight is 319 g/mol. The molecular weight excluding hydrogens is 295 g/mol. The van der Waals surface area contributed by atoms with Crippen molar-refractivity contribution in [1.82, 2.24) is 0 Å². The van der Waals surface area contributed by atoms with Crippen molar-refractivity contribution in [3.8, 4) is 0 Å². The van der Waals surface area contributed by atoms with Crippen molar-refractivity contribution in [2.75, 3.05) is 19.6 Å². The highest BCUT2D eigenvalue weighted by atomic mass is 32.2. The van der Waals surface area contributed by atoms with Crippen molar-refractivity contribution in [2.45, 2.75) is 51.5 Å². The highest BCUT2D eigenvalue weighted by Crippen LogP contribution is 2.20. The summed E-state index contributed by atoms with van der Waals surface area (Å²) in [5.41, 5.74) is -5.65. The molecule has 2 atom stereocenters. The first-order chi connectivity index (χ1) is 9.11. The van der Waals surface area contributed by atoms with Gasteiger partial charge in [-0.2, -0.15) is 13.2 Å². The molecule has 0 amide bonds. The van der Waals surface area contributed by atoms with E-state index in [9.17, 15) is 13.2 Å². The fourth-order valence-electron chi connectivity index (χ4n) is 2.34. The average Bonchev–Trinajstić information content (AvgIpc) is 2.73. The largest absolute Gasteiger partial charge is 0.741 e. The number of likely N-dealkylation sites (tertiary alicyclic amines) is 1. The van der Waals surface area contributed by atoms with Crippen LogP contribution in [0.1, 0.15) is 46.0 Å². The van der Waals surface area contributed by atoms with Gasteiger partial charge in [-0.3, -0.25) is 0 Å². The molecule has 0 aromatic heterocycles. The Hall–Kier alpha value is -0.340. The van der Waals surface area contributed by atoms with Gasteiger partial charge in [-0.05, 0) is 12.8 Å². The Kier molecular flexibility index (Phi) is 8.69. The third kappa shape index (κ3) is 8.06. The molecule has 0 aliphatic carbocycles. The molecule has 0 aromatic rings. The number of unbranched alkanes of at least 4 members (excludes halogenated alkanes) is 1. The summed E-state index contributed by atoms with van der Waals surface area (Å²) in [5, 5.41) is 0. The number of quaternary nitrogens is 1. The van der Waals surface area contributed by atoms with E-state index in [1.165, 1.54) is 51.7 Å². The second-order valence-corrected chi connectivity index (χ2v) is 6.52. The van der Waals surface area contributed by atoms with Crippen LogP contribution in [0.15, 0.2) is 0 Å². The second-order valence-electron chi connectivity index (χ2n) is 5.15. The van der Waals surface area contributed by atoms with Gasteiger partial charge in [0.05, 0.1) is 19.6 Å². The molecule has 1 rings (SSSR count). The van der Waals surface area contributed by atoms with Crippen molar-refractivity contribution < 1.29 is 31.0 Å². The van der Waals surface area contributed by atoms with Gasteiger partial charge in [-0.25, -0.2) is 8.42 Å². The molecule has 0 spiro atoms. The van der Waals surface area contributed by atoms with Crippen LogP contribution in [0.25, 0.3) is 0 Å². The van der Waals surface area contributed by atoms with Crippen LogP contribution in [0.3, 0.4) is 0 Å². The van der Waals surface area contributed by atoms with Crippen LogP contribution < -0.4 is 4.90 Å². The van der Waals surface area contributed by atoms with E-state index in [0.717, 1.165) is 5.92 Å². The lowest BCUT2D eigenvalue weighted by atomic mass is 10.0. The summed E-state index contributed by atoms with van der Waals surface area (Å²) in [6.07, 6.45) is 7.17. The smallest absolute Gasteiger partial charge is 0.485 e. The van der Waals surface area contributed by atoms with Crippen molar-refractivity contribution in [1.29, 1.82) is 0 Å². The lowest BCUT2D eigenvalue weighted by Gasteiger charge is -2.11. The molecule has 1 aliphatic heterocycles. The molecule has 0 radical (unpaired) electrons. The van der Waals surface area contributed by atoms with Gasteiger partial charge in [-0.1, -0.05) is 26.7 Å². The van der Waals surface area contributed by atoms with Gasteiger partial charge < -0.3 is 9.45 Å². The van der Waals surface area contributed by atoms with Crippen LogP contribution in [0.5, 0.6) is 0 Å². The molecule has 8 heteroatoms. The number of hydrogen-bond donors (Lipinski definition) is 1. The predicted octanol–water partition coefficient (Wildman–Crippen LogP) is 1.54. The fraction of sp³-hybridized carbons (Fsp3) is 1.00. The lowest BCUT2D eigenvalue weighted by Crippen LogP contribution is -3.10.